The third kappa shape index (κ3) is 62.0. The highest BCUT2D eigenvalue weighted by molar-refractivity contribution is 7.47. The average molecular weight is 1310 g/mol. The Bertz CT molecular complexity index is 1770. The molecule has 0 fully saturated rings. The molecule has 4 unspecified atom stereocenters. The zero-order valence-corrected chi connectivity index (χ0v) is 59.8. The number of rotatable bonds is 67. The Morgan fingerprint density at radius 2 is 0.539 bits per heavy atom. The number of ether oxygens (including phenoxy) is 4. The SMILES string of the molecule is CCC(C)CCCCCCCCCCCCC(=O)OC[C@H](COP(=O)(O)OC[C@@H](O)COP(=O)(O)OC[C@@H](COC(=O)CCCCCCCCC(C)C)OC(=O)CCCCCCCCCCCC(C)C)OC(=O)CCCCCCCCCCCCC(C)CC. The van der Waals surface area contributed by atoms with Crippen LogP contribution in [0.1, 0.15) is 344 Å². The highest BCUT2D eigenvalue weighted by Crippen LogP contribution is 2.45. The van der Waals surface area contributed by atoms with Gasteiger partial charge in [0.1, 0.15) is 19.3 Å². The van der Waals surface area contributed by atoms with Gasteiger partial charge in [0.25, 0.3) is 0 Å². The van der Waals surface area contributed by atoms with E-state index in [0.29, 0.717) is 31.6 Å². The molecular formula is C70H136O17P2. The normalized spacial score (nSPS) is 14.9. The highest BCUT2D eigenvalue weighted by Gasteiger charge is 2.30. The van der Waals surface area contributed by atoms with Gasteiger partial charge in [-0.05, 0) is 49.4 Å². The number of aliphatic hydroxyl groups is 1. The quantitative estimate of drug-likeness (QED) is 0.0222. The van der Waals surface area contributed by atoms with Crippen LogP contribution in [0.15, 0.2) is 0 Å². The lowest BCUT2D eigenvalue weighted by Gasteiger charge is -2.21. The maximum atomic E-state index is 13.0. The van der Waals surface area contributed by atoms with Crippen LogP contribution in [0, 0.1) is 23.7 Å². The van der Waals surface area contributed by atoms with Crippen molar-refractivity contribution in [3.8, 4) is 0 Å². The summed E-state index contributed by atoms with van der Waals surface area (Å²) in [6.45, 7) is 14.1. The van der Waals surface area contributed by atoms with Crippen LogP contribution < -0.4 is 0 Å². The molecule has 0 bridgehead atoms. The second-order valence-electron chi connectivity index (χ2n) is 26.7. The van der Waals surface area contributed by atoms with Crippen molar-refractivity contribution in [2.45, 2.75) is 363 Å². The smallest absolute Gasteiger partial charge is 0.462 e. The van der Waals surface area contributed by atoms with Crippen LogP contribution in [-0.2, 0) is 65.4 Å². The van der Waals surface area contributed by atoms with E-state index < -0.39 is 97.5 Å². The van der Waals surface area contributed by atoms with Gasteiger partial charge < -0.3 is 33.8 Å². The second kappa shape index (κ2) is 59.8. The number of phosphoric acid groups is 2. The Morgan fingerprint density at radius 3 is 0.798 bits per heavy atom. The topological polar surface area (TPSA) is 237 Å². The molecule has 0 rings (SSSR count). The van der Waals surface area contributed by atoms with E-state index in [1.165, 1.54) is 141 Å². The zero-order valence-electron chi connectivity index (χ0n) is 58.1. The molecule has 0 aliphatic carbocycles. The number of carbonyl (C=O) groups excluding carboxylic acids is 4. The van der Waals surface area contributed by atoms with E-state index in [0.717, 1.165) is 114 Å². The minimum Gasteiger partial charge on any atom is -0.462 e. The van der Waals surface area contributed by atoms with Crippen molar-refractivity contribution in [1.82, 2.24) is 0 Å². The molecule has 3 N–H and O–H groups in total. The van der Waals surface area contributed by atoms with E-state index in [1.54, 1.807) is 0 Å². The summed E-state index contributed by atoms with van der Waals surface area (Å²) in [6, 6.07) is 0. The molecule has 0 radical (unpaired) electrons. The monoisotopic (exact) mass is 1310 g/mol. The molecule has 528 valence electrons. The molecule has 0 heterocycles. The van der Waals surface area contributed by atoms with Crippen molar-refractivity contribution in [3.05, 3.63) is 0 Å². The number of aliphatic hydroxyl groups excluding tert-OH is 1. The van der Waals surface area contributed by atoms with Gasteiger partial charge in [0.15, 0.2) is 12.2 Å². The number of unbranched alkanes of at least 4 members (excludes halogenated alkanes) is 31. The maximum Gasteiger partial charge on any atom is 0.472 e. The first kappa shape index (κ1) is 87.1. The Balaban J connectivity index is 5.26. The first-order valence-corrected chi connectivity index (χ1v) is 39.3. The Labute approximate surface area is 543 Å². The average Bonchev–Trinajstić information content (AvgIpc) is 3.55. The van der Waals surface area contributed by atoms with Gasteiger partial charge in [-0.25, -0.2) is 9.13 Å². The van der Waals surface area contributed by atoms with E-state index in [4.69, 9.17) is 37.0 Å². The number of carbonyl (C=O) groups is 4. The van der Waals surface area contributed by atoms with E-state index >= 15 is 0 Å². The number of hydrogen-bond donors (Lipinski definition) is 3. The lowest BCUT2D eigenvalue weighted by molar-refractivity contribution is -0.161. The fraction of sp³-hybridized carbons (Fsp3) is 0.943. The summed E-state index contributed by atoms with van der Waals surface area (Å²) in [5, 5.41) is 10.6. The van der Waals surface area contributed by atoms with Crippen molar-refractivity contribution in [2.24, 2.45) is 23.7 Å². The van der Waals surface area contributed by atoms with Gasteiger partial charge in [-0.1, -0.05) is 293 Å². The Kier molecular flexibility index (Phi) is 58.5. The third-order valence-corrected chi connectivity index (χ3v) is 18.7. The molecule has 17 nitrogen and oxygen atoms in total. The van der Waals surface area contributed by atoms with Crippen molar-refractivity contribution in [1.29, 1.82) is 0 Å². The van der Waals surface area contributed by atoms with E-state index in [9.17, 15) is 43.2 Å². The molecule has 0 spiro atoms. The van der Waals surface area contributed by atoms with Gasteiger partial charge in [0.05, 0.1) is 26.4 Å². The number of hydrogen-bond acceptors (Lipinski definition) is 15. The van der Waals surface area contributed by atoms with Crippen LogP contribution in [-0.4, -0.2) is 96.7 Å². The molecule has 19 heteroatoms. The van der Waals surface area contributed by atoms with Crippen LogP contribution in [0.25, 0.3) is 0 Å². The molecule has 0 saturated carbocycles. The molecule has 0 saturated heterocycles. The van der Waals surface area contributed by atoms with Crippen LogP contribution in [0.4, 0.5) is 0 Å². The molecule has 0 aliphatic rings. The van der Waals surface area contributed by atoms with Crippen molar-refractivity contribution in [3.63, 3.8) is 0 Å². The fourth-order valence-electron chi connectivity index (χ4n) is 10.4. The van der Waals surface area contributed by atoms with Crippen LogP contribution >= 0.6 is 15.6 Å². The van der Waals surface area contributed by atoms with Gasteiger partial charge in [-0.3, -0.25) is 37.3 Å². The maximum absolute atomic E-state index is 13.0. The molecular weight excluding hydrogens is 1170 g/mol. The predicted octanol–water partition coefficient (Wildman–Crippen LogP) is 19.7. The van der Waals surface area contributed by atoms with Gasteiger partial charge in [0.2, 0.25) is 0 Å². The van der Waals surface area contributed by atoms with Crippen molar-refractivity contribution >= 4 is 39.5 Å². The molecule has 7 atom stereocenters. The van der Waals surface area contributed by atoms with E-state index in [-0.39, 0.29) is 25.7 Å². The summed E-state index contributed by atoms with van der Waals surface area (Å²) in [5.41, 5.74) is 0. The zero-order chi connectivity index (χ0) is 66.1. The summed E-state index contributed by atoms with van der Waals surface area (Å²) < 4.78 is 68.3. The molecule has 0 aromatic heterocycles. The summed E-state index contributed by atoms with van der Waals surface area (Å²) in [5.74, 6) is 0.897. The number of esters is 4. The molecule has 0 aliphatic heterocycles. The Hall–Kier alpha value is -1.94. The fourth-order valence-corrected chi connectivity index (χ4v) is 12.0. The summed E-state index contributed by atoms with van der Waals surface area (Å²) in [7, 11) is -9.90. The first-order valence-electron chi connectivity index (χ1n) is 36.3. The van der Waals surface area contributed by atoms with Crippen LogP contribution in [0.3, 0.4) is 0 Å². The lowest BCUT2D eigenvalue weighted by Crippen LogP contribution is -2.30. The third-order valence-electron chi connectivity index (χ3n) is 16.8. The predicted molar refractivity (Wildman–Crippen MR) is 358 cm³/mol. The molecule has 89 heavy (non-hydrogen) atoms. The summed E-state index contributed by atoms with van der Waals surface area (Å²) in [6.07, 6.45) is 41.7. The minimum atomic E-state index is -4.95. The van der Waals surface area contributed by atoms with Gasteiger partial charge in [-0.15, -0.1) is 0 Å². The second-order valence-corrected chi connectivity index (χ2v) is 29.6. The summed E-state index contributed by atoms with van der Waals surface area (Å²) in [4.78, 5) is 72.5. The standard InChI is InChI=1S/C70H136O17P2/c1-9-62(7)48-40-32-23-17-11-13-19-25-34-42-50-67(72)80-56-65(86-69(74)52-44-36-26-20-14-12-18-24-33-41-49-63(8)10-2)58-84-88(76,77)82-54-64(71)55-83-89(78,79)85-59-66(57-81-68(73)51-43-35-29-28-31-39-47-61(5)6)87-70(75)53-45-37-27-21-15-16-22-30-38-46-60(3)4/h60-66,71H,9-59H2,1-8H3,(H,76,77)(H,78,79)/t62?,63?,64-,65-,66-/m1/s1. The van der Waals surface area contributed by atoms with E-state index in [2.05, 4.69) is 55.4 Å². The van der Waals surface area contributed by atoms with Crippen LogP contribution in [0.2, 0.25) is 0 Å². The molecule has 0 aromatic carbocycles. The van der Waals surface area contributed by atoms with Gasteiger partial charge >= 0.3 is 39.5 Å². The van der Waals surface area contributed by atoms with Crippen LogP contribution in [0.5, 0.6) is 0 Å². The van der Waals surface area contributed by atoms with Crippen molar-refractivity contribution in [2.75, 3.05) is 39.6 Å². The first-order chi connectivity index (χ1) is 42.7. The summed E-state index contributed by atoms with van der Waals surface area (Å²) >= 11 is 0. The Morgan fingerprint density at radius 1 is 0.315 bits per heavy atom. The van der Waals surface area contributed by atoms with Gasteiger partial charge in [0, 0.05) is 25.7 Å². The molecule has 0 aromatic rings. The highest BCUT2D eigenvalue weighted by atomic mass is 31.2. The number of phosphoric ester groups is 2. The molecule has 0 amide bonds. The van der Waals surface area contributed by atoms with E-state index in [1.807, 2.05) is 0 Å². The largest absolute Gasteiger partial charge is 0.472 e. The van der Waals surface area contributed by atoms with Crippen molar-refractivity contribution < 1.29 is 80.2 Å². The lowest BCUT2D eigenvalue weighted by atomic mass is 9.99. The minimum absolute atomic E-state index is 0.104. The van der Waals surface area contributed by atoms with Gasteiger partial charge in [-0.2, -0.15) is 0 Å².